The average molecular weight is 293 g/mol. The molecule has 3 N–H and O–H groups in total. The number of nitrogens with two attached hydrogens (primary N) is 1. The topological polar surface area (TPSA) is 92.4 Å². The molecule has 2 fully saturated rings. The molecule has 1 aliphatic carbocycles. The summed E-state index contributed by atoms with van der Waals surface area (Å²) in [7, 11) is 2.12. The van der Waals surface area contributed by atoms with Crippen LogP contribution in [-0.2, 0) is 0 Å². The first-order chi connectivity index (χ1) is 10.3. The van der Waals surface area contributed by atoms with Gasteiger partial charge in [-0.3, -0.25) is 5.43 Å². The molecule has 1 aromatic heterocycles. The molecule has 2 aliphatic rings. The van der Waals surface area contributed by atoms with Crippen molar-refractivity contribution >= 4 is 11.9 Å². The summed E-state index contributed by atoms with van der Waals surface area (Å²) in [6, 6.07) is 1.07. The Kier molecular flexibility index (Phi) is 4.35. The van der Waals surface area contributed by atoms with Gasteiger partial charge in [0.15, 0.2) is 0 Å². The van der Waals surface area contributed by atoms with E-state index in [4.69, 9.17) is 10.6 Å². The van der Waals surface area contributed by atoms with Gasteiger partial charge in [0, 0.05) is 25.7 Å². The number of hydrazine groups is 1. The molecule has 1 aromatic rings. The molecule has 1 saturated heterocycles. The van der Waals surface area contributed by atoms with E-state index < -0.39 is 0 Å². The van der Waals surface area contributed by atoms with Crippen molar-refractivity contribution in [2.45, 2.75) is 31.7 Å². The fourth-order valence-electron chi connectivity index (χ4n) is 2.51. The van der Waals surface area contributed by atoms with Crippen LogP contribution in [0, 0.1) is 0 Å². The smallest absolute Gasteiger partial charge is 0.323 e. The van der Waals surface area contributed by atoms with E-state index >= 15 is 0 Å². The lowest BCUT2D eigenvalue weighted by atomic mass is 10.4. The Morgan fingerprint density at radius 2 is 2.05 bits per heavy atom. The predicted octanol–water partition coefficient (Wildman–Crippen LogP) is 0.230. The van der Waals surface area contributed by atoms with Gasteiger partial charge < -0.3 is 14.5 Å². The monoisotopic (exact) mass is 293 g/mol. The average Bonchev–Trinajstić information content (AvgIpc) is 3.21. The summed E-state index contributed by atoms with van der Waals surface area (Å²) in [5.41, 5.74) is 2.48. The lowest BCUT2D eigenvalue weighted by molar-refractivity contribution is 0.220. The quantitative estimate of drug-likeness (QED) is 0.545. The molecule has 116 valence electrons. The van der Waals surface area contributed by atoms with Crippen LogP contribution in [-0.4, -0.2) is 59.2 Å². The zero-order valence-electron chi connectivity index (χ0n) is 12.5. The minimum absolute atomic E-state index is 0.337. The highest BCUT2D eigenvalue weighted by Gasteiger charge is 2.25. The fraction of sp³-hybridized carbons (Fsp3) is 0.769. The molecular weight excluding hydrogens is 270 g/mol. The van der Waals surface area contributed by atoms with Crippen molar-refractivity contribution in [2.24, 2.45) is 5.84 Å². The van der Waals surface area contributed by atoms with Gasteiger partial charge in [-0.2, -0.15) is 15.0 Å². The maximum absolute atomic E-state index is 5.67. The van der Waals surface area contributed by atoms with Gasteiger partial charge >= 0.3 is 6.01 Å². The van der Waals surface area contributed by atoms with Crippen LogP contribution in [0.3, 0.4) is 0 Å². The second-order valence-electron chi connectivity index (χ2n) is 5.64. The molecule has 21 heavy (non-hydrogen) atoms. The second-order valence-corrected chi connectivity index (χ2v) is 5.64. The molecule has 8 nitrogen and oxygen atoms in total. The number of nitrogens with zero attached hydrogens (tertiary/aromatic N) is 5. The van der Waals surface area contributed by atoms with Gasteiger partial charge in [0.2, 0.25) is 11.9 Å². The van der Waals surface area contributed by atoms with Crippen molar-refractivity contribution in [3.63, 3.8) is 0 Å². The molecular formula is C13H23N7O. The first-order valence-corrected chi connectivity index (χ1v) is 7.57. The molecule has 8 heteroatoms. The standard InChI is InChI=1S/C13H23N7O/c1-19(10-4-5-10)8-9-21-13-16-11(18-14)15-12(17-13)20-6-2-3-7-20/h10H,2-9,14H2,1H3,(H,15,16,17,18). The summed E-state index contributed by atoms with van der Waals surface area (Å²) < 4.78 is 5.67. The van der Waals surface area contributed by atoms with E-state index in [-0.39, 0.29) is 0 Å². The number of nitrogen functional groups attached to an aromatic ring is 1. The molecule has 1 aliphatic heterocycles. The minimum atomic E-state index is 0.337. The Morgan fingerprint density at radius 3 is 2.71 bits per heavy atom. The van der Waals surface area contributed by atoms with Gasteiger partial charge in [0.05, 0.1) is 0 Å². The van der Waals surface area contributed by atoms with Crippen LogP contribution in [0.4, 0.5) is 11.9 Å². The molecule has 1 saturated carbocycles. The number of hydrogen-bond donors (Lipinski definition) is 2. The molecule has 0 unspecified atom stereocenters. The van der Waals surface area contributed by atoms with E-state index in [2.05, 4.69) is 37.2 Å². The zero-order chi connectivity index (χ0) is 14.7. The van der Waals surface area contributed by atoms with Crippen LogP contribution in [0.1, 0.15) is 25.7 Å². The zero-order valence-corrected chi connectivity index (χ0v) is 12.5. The van der Waals surface area contributed by atoms with E-state index in [0.29, 0.717) is 24.5 Å². The number of aromatic nitrogens is 3. The lowest BCUT2D eigenvalue weighted by Gasteiger charge is -2.17. The van der Waals surface area contributed by atoms with Gasteiger partial charge in [0.1, 0.15) is 6.61 Å². The minimum Gasteiger partial charge on any atom is -0.462 e. The van der Waals surface area contributed by atoms with Crippen LogP contribution < -0.4 is 20.9 Å². The number of ether oxygens (including phenoxy) is 1. The molecule has 0 radical (unpaired) electrons. The maximum Gasteiger partial charge on any atom is 0.323 e. The highest BCUT2D eigenvalue weighted by atomic mass is 16.5. The highest BCUT2D eigenvalue weighted by Crippen LogP contribution is 2.25. The molecule has 3 rings (SSSR count). The molecule has 2 heterocycles. The molecule has 0 aromatic carbocycles. The summed E-state index contributed by atoms with van der Waals surface area (Å²) in [6.07, 6.45) is 4.92. The summed E-state index contributed by atoms with van der Waals surface area (Å²) in [6.45, 7) is 3.39. The summed E-state index contributed by atoms with van der Waals surface area (Å²) in [4.78, 5) is 17.3. The van der Waals surface area contributed by atoms with Crippen molar-refractivity contribution in [3.05, 3.63) is 0 Å². The van der Waals surface area contributed by atoms with Crippen molar-refractivity contribution in [1.29, 1.82) is 0 Å². The van der Waals surface area contributed by atoms with E-state index in [0.717, 1.165) is 25.7 Å². The van der Waals surface area contributed by atoms with Crippen LogP contribution in [0.2, 0.25) is 0 Å². The van der Waals surface area contributed by atoms with Gasteiger partial charge in [-0.15, -0.1) is 0 Å². The molecule has 0 spiro atoms. The van der Waals surface area contributed by atoms with Crippen molar-refractivity contribution in [1.82, 2.24) is 19.9 Å². The van der Waals surface area contributed by atoms with E-state index in [1.54, 1.807) is 0 Å². The molecule has 0 bridgehead atoms. The number of rotatable bonds is 7. The maximum atomic E-state index is 5.67. The third-order valence-corrected chi connectivity index (χ3v) is 3.97. The Labute approximate surface area is 124 Å². The summed E-state index contributed by atoms with van der Waals surface area (Å²) in [5, 5.41) is 0. The van der Waals surface area contributed by atoms with Gasteiger partial charge in [-0.25, -0.2) is 5.84 Å². The Hall–Kier alpha value is -1.67. The van der Waals surface area contributed by atoms with Gasteiger partial charge in [-0.05, 0) is 32.7 Å². The van der Waals surface area contributed by atoms with E-state index in [1.165, 1.54) is 25.7 Å². The first-order valence-electron chi connectivity index (χ1n) is 7.57. The summed E-state index contributed by atoms with van der Waals surface area (Å²) in [5.74, 6) is 6.41. The van der Waals surface area contributed by atoms with Crippen molar-refractivity contribution in [3.8, 4) is 6.01 Å². The number of hydrogen-bond acceptors (Lipinski definition) is 8. The largest absolute Gasteiger partial charge is 0.462 e. The number of anilines is 2. The van der Waals surface area contributed by atoms with Crippen LogP contribution in [0.25, 0.3) is 0 Å². The normalized spacial score (nSPS) is 18.3. The van der Waals surface area contributed by atoms with Crippen molar-refractivity contribution in [2.75, 3.05) is 43.6 Å². The third-order valence-electron chi connectivity index (χ3n) is 3.97. The first kappa shape index (κ1) is 14.3. The Bertz CT molecular complexity index is 474. The van der Waals surface area contributed by atoms with Crippen LogP contribution in [0.15, 0.2) is 0 Å². The van der Waals surface area contributed by atoms with E-state index in [1.807, 2.05) is 0 Å². The van der Waals surface area contributed by atoms with Gasteiger partial charge in [0.25, 0.3) is 0 Å². The van der Waals surface area contributed by atoms with Crippen molar-refractivity contribution < 1.29 is 4.74 Å². The summed E-state index contributed by atoms with van der Waals surface area (Å²) >= 11 is 0. The fourth-order valence-corrected chi connectivity index (χ4v) is 2.51. The van der Waals surface area contributed by atoms with E-state index in [9.17, 15) is 0 Å². The molecule has 0 amide bonds. The number of nitrogens with one attached hydrogen (secondary N) is 1. The second kappa shape index (κ2) is 6.40. The predicted molar refractivity (Wildman–Crippen MR) is 80.2 cm³/mol. The lowest BCUT2D eigenvalue weighted by Crippen LogP contribution is -2.27. The number of likely N-dealkylation sites (N-methyl/N-ethyl adjacent to an activating group) is 1. The third kappa shape index (κ3) is 3.70. The highest BCUT2D eigenvalue weighted by molar-refractivity contribution is 5.38. The Balaban J connectivity index is 1.61. The van der Waals surface area contributed by atoms with Gasteiger partial charge in [-0.1, -0.05) is 0 Å². The molecule has 0 atom stereocenters. The van der Waals surface area contributed by atoms with Crippen LogP contribution >= 0.6 is 0 Å². The Morgan fingerprint density at radius 1 is 1.29 bits per heavy atom. The SMILES string of the molecule is CN(CCOc1nc(NN)nc(N2CCCC2)n1)C1CC1. The van der Waals surface area contributed by atoms with Crippen LogP contribution in [0.5, 0.6) is 6.01 Å².